The van der Waals surface area contributed by atoms with Crippen LogP contribution in [0.15, 0.2) is 0 Å². The van der Waals surface area contributed by atoms with Crippen molar-refractivity contribution in [3.8, 4) is 0 Å². The lowest BCUT2D eigenvalue weighted by molar-refractivity contribution is -0.140. The van der Waals surface area contributed by atoms with Gasteiger partial charge in [0, 0.05) is 20.0 Å². The molecule has 0 heterocycles. The van der Waals surface area contributed by atoms with E-state index >= 15 is 0 Å². The van der Waals surface area contributed by atoms with E-state index in [2.05, 4.69) is 4.74 Å². The highest BCUT2D eigenvalue weighted by molar-refractivity contribution is 6.59. The van der Waals surface area contributed by atoms with E-state index in [1.54, 1.807) is 6.92 Å². The normalized spacial score (nSPS) is 10.7. The molecular formula is C8H14Cl4O3. The SMILES string of the molecule is CCOC(C)=O.OCCC(Cl)(Cl)C(Cl)Cl. The Morgan fingerprint density at radius 3 is 2.00 bits per heavy atom. The molecule has 0 aliphatic carbocycles. The van der Waals surface area contributed by atoms with Crippen molar-refractivity contribution in [2.45, 2.75) is 29.4 Å². The molecule has 0 aromatic heterocycles. The van der Waals surface area contributed by atoms with E-state index in [-0.39, 0.29) is 19.0 Å². The first kappa shape index (κ1) is 18.0. The third kappa shape index (κ3) is 12.5. The summed E-state index contributed by atoms with van der Waals surface area (Å²) >= 11 is 21.7. The van der Waals surface area contributed by atoms with Crippen LogP contribution in [0.4, 0.5) is 0 Å². The Kier molecular flexibility index (Phi) is 11.7. The van der Waals surface area contributed by atoms with E-state index in [9.17, 15) is 4.79 Å². The molecule has 0 aliphatic heterocycles. The largest absolute Gasteiger partial charge is 0.466 e. The van der Waals surface area contributed by atoms with E-state index in [1.807, 2.05) is 0 Å². The monoisotopic (exact) mass is 298 g/mol. The van der Waals surface area contributed by atoms with E-state index in [0.29, 0.717) is 6.61 Å². The van der Waals surface area contributed by atoms with Gasteiger partial charge in [0.2, 0.25) is 0 Å². The Labute approximate surface area is 110 Å². The summed E-state index contributed by atoms with van der Waals surface area (Å²) in [5, 5.41) is 8.36. The highest BCUT2D eigenvalue weighted by Crippen LogP contribution is 2.34. The molecule has 0 fully saturated rings. The minimum Gasteiger partial charge on any atom is -0.466 e. The van der Waals surface area contributed by atoms with Crippen molar-refractivity contribution in [1.29, 1.82) is 0 Å². The standard InChI is InChI=1S/C4H6Cl4O.C4H8O2/c5-3(6)4(7,8)1-2-9;1-3-6-4(2)5/h3,9H,1-2H2;3H2,1-2H3. The van der Waals surface area contributed by atoms with Crippen LogP contribution in [0.1, 0.15) is 20.3 Å². The lowest BCUT2D eigenvalue weighted by atomic mass is 10.3. The van der Waals surface area contributed by atoms with Crippen molar-refractivity contribution < 1.29 is 14.6 Å². The van der Waals surface area contributed by atoms with Gasteiger partial charge < -0.3 is 9.84 Å². The van der Waals surface area contributed by atoms with Gasteiger partial charge in [-0.1, -0.05) is 23.2 Å². The molecule has 0 saturated carbocycles. The van der Waals surface area contributed by atoms with Crippen LogP contribution in [0.25, 0.3) is 0 Å². The summed E-state index contributed by atoms with van der Waals surface area (Å²) in [5.41, 5.74) is 0. The van der Waals surface area contributed by atoms with Crippen molar-refractivity contribution >= 4 is 52.4 Å². The molecule has 0 saturated heterocycles. The van der Waals surface area contributed by atoms with Crippen LogP contribution >= 0.6 is 46.4 Å². The average Bonchev–Trinajstić information content (AvgIpc) is 2.04. The topological polar surface area (TPSA) is 46.5 Å². The first-order chi connectivity index (χ1) is 6.77. The van der Waals surface area contributed by atoms with Crippen LogP contribution < -0.4 is 0 Å². The quantitative estimate of drug-likeness (QED) is 0.641. The summed E-state index contributed by atoms with van der Waals surface area (Å²) in [6.07, 6.45) is 0.174. The molecule has 0 radical (unpaired) electrons. The Balaban J connectivity index is 0. The van der Waals surface area contributed by atoms with Gasteiger partial charge in [-0.25, -0.2) is 0 Å². The zero-order valence-corrected chi connectivity index (χ0v) is 11.5. The van der Waals surface area contributed by atoms with Crippen LogP contribution in [-0.2, 0) is 9.53 Å². The molecule has 0 amide bonds. The Morgan fingerprint density at radius 2 is 1.93 bits per heavy atom. The Bertz CT molecular complexity index is 173. The Morgan fingerprint density at radius 1 is 1.47 bits per heavy atom. The van der Waals surface area contributed by atoms with Gasteiger partial charge in [0.05, 0.1) is 6.61 Å². The van der Waals surface area contributed by atoms with Crippen molar-refractivity contribution in [2.75, 3.05) is 13.2 Å². The minimum absolute atomic E-state index is 0.122. The summed E-state index contributed by atoms with van der Waals surface area (Å²) in [6.45, 7) is 3.53. The van der Waals surface area contributed by atoms with Crippen molar-refractivity contribution in [3.63, 3.8) is 0 Å². The number of aliphatic hydroxyl groups excluding tert-OH is 1. The molecular weight excluding hydrogens is 286 g/mol. The van der Waals surface area contributed by atoms with Gasteiger partial charge in [0.1, 0.15) is 9.17 Å². The summed E-state index contributed by atoms with van der Waals surface area (Å²) in [5.74, 6) is -0.211. The lowest BCUT2D eigenvalue weighted by Crippen LogP contribution is -2.22. The van der Waals surface area contributed by atoms with Gasteiger partial charge in [-0.2, -0.15) is 0 Å². The van der Waals surface area contributed by atoms with Crippen LogP contribution in [-0.4, -0.2) is 33.5 Å². The number of alkyl halides is 4. The summed E-state index contributed by atoms with van der Waals surface area (Å²) in [7, 11) is 0. The summed E-state index contributed by atoms with van der Waals surface area (Å²) in [6, 6.07) is 0. The fraction of sp³-hybridized carbons (Fsp3) is 0.875. The van der Waals surface area contributed by atoms with E-state index < -0.39 is 9.17 Å². The number of halogens is 4. The maximum absolute atomic E-state index is 9.82. The second-order valence-electron chi connectivity index (χ2n) is 2.46. The number of hydrogen-bond donors (Lipinski definition) is 1. The second-order valence-corrected chi connectivity index (χ2v) is 5.10. The molecule has 0 aromatic carbocycles. The molecule has 0 atom stereocenters. The van der Waals surface area contributed by atoms with E-state index in [1.165, 1.54) is 6.92 Å². The fourth-order valence-electron chi connectivity index (χ4n) is 0.461. The third-order valence-electron chi connectivity index (χ3n) is 1.11. The van der Waals surface area contributed by atoms with Gasteiger partial charge in [-0.15, -0.1) is 23.2 Å². The number of carbonyl (C=O) groups excluding carboxylic acids is 1. The zero-order valence-electron chi connectivity index (χ0n) is 8.47. The predicted octanol–water partition coefficient (Wildman–Crippen LogP) is 2.92. The number of rotatable bonds is 4. The molecule has 0 aromatic rings. The van der Waals surface area contributed by atoms with Gasteiger partial charge in [0.25, 0.3) is 0 Å². The molecule has 15 heavy (non-hydrogen) atoms. The molecule has 1 N–H and O–H groups in total. The van der Waals surface area contributed by atoms with Gasteiger partial charge >= 0.3 is 5.97 Å². The maximum atomic E-state index is 9.82. The highest BCUT2D eigenvalue weighted by atomic mass is 35.5. The number of carbonyl (C=O) groups is 1. The van der Waals surface area contributed by atoms with Crippen LogP contribution in [0, 0.1) is 0 Å². The molecule has 92 valence electrons. The van der Waals surface area contributed by atoms with Gasteiger partial charge in [-0.05, 0) is 6.92 Å². The minimum atomic E-state index is -1.22. The first-order valence-corrected chi connectivity index (χ1v) is 5.81. The first-order valence-electron chi connectivity index (χ1n) is 4.18. The molecule has 0 rings (SSSR count). The maximum Gasteiger partial charge on any atom is 0.302 e. The number of ether oxygens (including phenoxy) is 1. The van der Waals surface area contributed by atoms with Crippen molar-refractivity contribution in [3.05, 3.63) is 0 Å². The van der Waals surface area contributed by atoms with Gasteiger partial charge in [-0.3, -0.25) is 4.79 Å². The smallest absolute Gasteiger partial charge is 0.302 e. The van der Waals surface area contributed by atoms with Gasteiger partial charge in [0.15, 0.2) is 0 Å². The molecule has 3 nitrogen and oxygen atoms in total. The summed E-state index contributed by atoms with van der Waals surface area (Å²) < 4.78 is 3.18. The number of aliphatic hydroxyl groups is 1. The Hall–Kier alpha value is 0.590. The molecule has 0 unspecified atom stereocenters. The predicted molar refractivity (Wildman–Crippen MR) is 63.9 cm³/mol. The van der Waals surface area contributed by atoms with Crippen molar-refractivity contribution in [1.82, 2.24) is 0 Å². The number of hydrogen-bond acceptors (Lipinski definition) is 3. The van der Waals surface area contributed by atoms with Crippen LogP contribution in [0.5, 0.6) is 0 Å². The molecule has 0 bridgehead atoms. The highest BCUT2D eigenvalue weighted by Gasteiger charge is 2.31. The van der Waals surface area contributed by atoms with Crippen LogP contribution in [0.3, 0.4) is 0 Å². The number of esters is 1. The van der Waals surface area contributed by atoms with E-state index in [0.717, 1.165) is 0 Å². The zero-order chi connectivity index (χ0) is 12.5. The molecule has 0 aliphatic rings. The van der Waals surface area contributed by atoms with E-state index in [4.69, 9.17) is 51.5 Å². The van der Waals surface area contributed by atoms with Crippen molar-refractivity contribution in [2.24, 2.45) is 0 Å². The summed E-state index contributed by atoms with van der Waals surface area (Å²) in [4.78, 5) is 8.95. The second kappa shape index (κ2) is 9.79. The van der Waals surface area contributed by atoms with Crippen LogP contribution in [0.2, 0.25) is 0 Å². The average molecular weight is 300 g/mol. The lowest BCUT2D eigenvalue weighted by Gasteiger charge is -2.18. The third-order valence-corrected chi connectivity index (χ3v) is 3.12. The molecule has 7 heteroatoms. The molecule has 0 spiro atoms. The fourth-order valence-corrected chi connectivity index (χ4v) is 0.849.